The summed E-state index contributed by atoms with van der Waals surface area (Å²) < 4.78 is 59.7. The molecule has 0 saturated heterocycles. The van der Waals surface area contributed by atoms with Gasteiger partial charge in [0.15, 0.2) is 11.3 Å². The summed E-state index contributed by atoms with van der Waals surface area (Å²) in [5, 5.41) is 28.3. The van der Waals surface area contributed by atoms with Gasteiger partial charge in [0, 0.05) is 36.0 Å². The Balaban J connectivity index is 2.06. The molecule has 0 fully saturated rings. The molecule has 1 unspecified atom stereocenters. The Kier molecular flexibility index (Phi) is 13.0. The van der Waals surface area contributed by atoms with Crippen molar-refractivity contribution in [3.05, 3.63) is 87.5 Å². The van der Waals surface area contributed by atoms with Gasteiger partial charge in [-0.15, -0.1) is 0 Å². The minimum atomic E-state index is -4.94. The topological polar surface area (TPSA) is 102 Å². The summed E-state index contributed by atoms with van der Waals surface area (Å²) in [6.07, 6.45) is 8.99. The molecule has 2 aliphatic rings. The van der Waals surface area contributed by atoms with Gasteiger partial charge in [0.1, 0.15) is 35.3 Å². The number of ether oxygens (including phenoxy) is 3. The van der Waals surface area contributed by atoms with Crippen molar-refractivity contribution < 1.29 is 27.4 Å². The fourth-order valence-corrected chi connectivity index (χ4v) is 6.08. The number of unbranched alkanes of at least 4 members (excludes halogenated alkanes) is 2. The molecule has 7 nitrogen and oxygen atoms in total. The lowest BCUT2D eigenvalue weighted by atomic mass is 9.74. The standard InChI is InChI=1S/C39H45F3N4O3/c1-8-10-19-46(20-11-9-2)31-18-17-27(34(21-31)47-6)15-16-29-23-37(3,4)22-28(35(29)48-7)13-12-14-33-32(26-45)36(30(24-43)25-44)49-38(33,5)39(40,41)42/h12-18,21H,8-11,19-20,22-23H2,1-7H3. The summed E-state index contributed by atoms with van der Waals surface area (Å²) in [5.74, 6) is 0.674. The fraction of sp³-hybridized carbons (Fsp3) is 0.462. The van der Waals surface area contributed by atoms with Gasteiger partial charge >= 0.3 is 6.18 Å². The maximum Gasteiger partial charge on any atom is 0.432 e. The molecule has 0 radical (unpaired) electrons. The molecular weight excluding hydrogens is 629 g/mol. The van der Waals surface area contributed by atoms with Gasteiger partial charge < -0.3 is 19.1 Å². The first-order valence-corrected chi connectivity index (χ1v) is 16.4. The zero-order chi connectivity index (χ0) is 36.4. The largest absolute Gasteiger partial charge is 0.496 e. The van der Waals surface area contributed by atoms with Crippen LogP contribution in [0.1, 0.15) is 78.7 Å². The highest BCUT2D eigenvalue weighted by Crippen LogP contribution is 2.49. The number of hydrogen-bond acceptors (Lipinski definition) is 7. The van der Waals surface area contributed by atoms with Crippen LogP contribution in [-0.2, 0) is 9.47 Å². The summed E-state index contributed by atoms with van der Waals surface area (Å²) in [6.45, 7) is 11.3. The van der Waals surface area contributed by atoms with Crippen molar-refractivity contribution in [2.24, 2.45) is 5.41 Å². The Labute approximate surface area is 288 Å². The molecular formula is C39H45F3N4O3. The number of halogens is 3. The number of nitriles is 3. The Bertz CT molecular complexity index is 1680. The molecule has 1 aromatic rings. The van der Waals surface area contributed by atoms with Crippen LogP contribution >= 0.6 is 0 Å². The van der Waals surface area contributed by atoms with Gasteiger partial charge in [0.05, 0.1) is 14.2 Å². The smallest absolute Gasteiger partial charge is 0.432 e. The van der Waals surface area contributed by atoms with Gasteiger partial charge in [-0.3, -0.25) is 0 Å². The second-order valence-corrected chi connectivity index (χ2v) is 13.0. The van der Waals surface area contributed by atoms with E-state index in [1.54, 1.807) is 26.4 Å². The van der Waals surface area contributed by atoms with Crippen LogP contribution in [0.3, 0.4) is 0 Å². The molecule has 0 spiro atoms. The molecule has 260 valence electrons. The quantitative estimate of drug-likeness (QED) is 0.192. The van der Waals surface area contributed by atoms with Crippen LogP contribution in [0.5, 0.6) is 5.75 Å². The van der Waals surface area contributed by atoms with E-state index in [9.17, 15) is 29.0 Å². The third-order valence-electron chi connectivity index (χ3n) is 8.72. The van der Waals surface area contributed by atoms with E-state index < -0.39 is 34.3 Å². The van der Waals surface area contributed by atoms with Crippen molar-refractivity contribution in [3.63, 3.8) is 0 Å². The van der Waals surface area contributed by atoms with Gasteiger partial charge in [-0.05, 0) is 61.3 Å². The van der Waals surface area contributed by atoms with Crippen molar-refractivity contribution >= 4 is 11.8 Å². The summed E-state index contributed by atoms with van der Waals surface area (Å²) >= 11 is 0. The lowest BCUT2D eigenvalue weighted by molar-refractivity contribution is -0.236. The Morgan fingerprint density at radius 3 is 2.14 bits per heavy atom. The van der Waals surface area contributed by atoms with E-state index >= 15 is 0 Å². The van der Waals surface area contributed by atoms with Gasteiger partial charge in [-0.25, -0.2) is 0 Å². The number of allylic oxidation sites excluding steroid dienone is 7. The predicted molar refractivity (Wildman–Crippen MR) is 185 cm³/mol. The van der Waals surface area contributed by atoms with E-state index in [1.807, 2.05) is 18.2 Å². The Morgan fingerprint density at radius 2 is 1.61 bits per heavy atom. The van der Waals surface area contributed by atoms with Crippen LogP contribution in [0.2, 0.25) is 0 Å². The summed E-state index contributed by atoms with van der Waals surface area (Å²) in [6, 6.07) is 11.0. The van der Waals surface area contributed by atoms with Gasteiger partial charge in [0.25, 0.3) is 0 Å². The van der Waals surface area contributed by atoms with Gasteiger partial charge in [-0.2, -0.15) is 29.0 Å². The van der Waals surface area contributed by atoms with Crippen LogP contribution in [0.25, 0.3) is 6.08 Å². The minimum absolute atomic E-state index is 0.202. The van der Waals surface area contributed by atoms with Crippen LogP contribution < -0.4 is 9.64 Å². The number of nitrogens with zero attached hydrogens (tertiary/aromatic N) is 4. The maximum atomic E-state index is 14.3. The Hall–Kier alpha value is -4.88. The zero-order valence-corrected chi connectivity index (χ0v) is 29.4. The third-order valence-corrected chi connectivity index (χ3v) is 8.72. The van der Waals surface area contributed by atoms with Crippen LogP contribution in [0, 0.1) is 39.4 Å². The second-order valence-electron chi connectivity index (χ2n) is 13.0. The summed E-state index contributed by atoms with van der Waals surface area (Å²) in [4.78, 5) is 2.40. The summed E-state index contributed by atoms with van der Waals surface area (Å²) in [7, 11) is 3.21. The number of rotatable bonds is 13. The molecule has 1 atom stereocenters. The fourth-order valence-electron chi connectivity index (χ4n) is 6.08. The lowest BCUT2D eigenvalue weighted by Crippen LogP contribution is -2.43. The van der Waals surface area contributed by atoms with Crippen LogP contribution in [-0.4, -0.2) is 39.1 Å². The van der Waals surface area contributed by atoms with E-state index in [2.05, 4.69) is 44.7 Å². The molecule has 0 aromatic heterocycles. The van der Waals surface area contributed by atoms with E-state index in [4.69, 9.17) is 14.2 Å². The predicted octanol–water partition coefficient (Wildman–Crippen LogP) is 9.79. The van der Waals surface area contributed by atoms with Crippen molar-refractivity contribution in [1.82, 2.24) is 0 Å². The molecule has 0 bridgehead atoms. The SMILES string of the molecule is CCCCN(CCCC)c1ccc(C=CC2=C(OC)C(=CC=CC3=C(C#N)C(=C(C#N)C#N)OC3(C)C(F)(F)F)CC(C)(C)C2)c(OC)c1. The average molecular weight is 675 g/mol. The van der Waals surface area contributed by atoms with E-state index in [-0.39, 0.29) is 5.41 Å². The molecule has 1 heterocycles. The van der Waals surface area contributed by atoms with E-state index in [0.29, 0.717) is 18.6 Å². The molecule has 0 saturated carbocycles. The van der Waals surface area contributed by atoms with Crippen molar-refractivity contribution in [1.29, 1.82) is 15.8 Å². The third kappa shape index (κ3) is 8.78. The van der Waals surface area contributed by atoms with Gasteiger partial charge in [0.2, 0.25) is 5.60 Å². The lowest BCUT2D eigenvalue weighted by Gasteiger charge is -2.33. The monoisotopic (exact) mass is 674 g/mol. The van der Waals surface area contributed by atoms with E-state index in [1.165, 1.54) is 18.2 Å². The molecule has 1 aliphatic carbocycles. The number of benzene rings is 1. The zero-order valence-electron chi connectivity index (χ0n) is 29.4. The average Bonchev–Trinajstić information content (AvgIpc) is 3.36. The first-order chi connectivity index (χ1) is 23.2. The molecule has 3 rings (SSSR count). The van der Waals surface area contributed by atoms with Crippen molar-refractivity contribution in [2.75, 3.05) is 32.2 Å². The molecule has 0 N–H and O–H groups in total. The van der Waals surface area contributed by atoms with Gasteiger partial charge in [-0.1, -0.05) is 70.9 Å². The van der Waals surface area contributed by atoms with Crippen molar-refractivity contribution in [2.45, 2.75) is 84.9 Å². The van der Waals surface area contributed by atoms with Crippen LogP contribution in [0.4, 0.5) is 18.9 Å². The number of hydrogen-bond donors (Lipinski definition) is 0. The van der Waals surface area contributed by atoms with Crippen LogP contribution in [0.15, 0.2) is 81.9 Å². The molecule has 49 heavy (non-hydrogen) atoms. The number of alkyl halides is 3. The minimum Gasteiger partial charge on any atom is -0.496 e. The molecule has 1 aromatic carbocycles. The van der Waals surface area contributed by atoms with Crippen molar-refractivity contribution in [3.8, 4) is 24.0 Å². The highest BCUT2D eigenvalue weighted by molar-refractivity contribution is 5.66. The maximum absolute atomic E-state index is 14.3. The first kappa shape index (κ1) is 38.6. The summed E-state index contributed by atoms with van der Waals surface area (Å²) in [5.41, 5.74) is -1.16. The number of anilines is 1. The molecule has 0 amide bonds. The normalized spacial score (nSPS) is 20.0. The second kappa shape index (κ2) is 16.5. The Morgan fingerprint density at radius 1 is 0.959 bits per heavy atom. The first-order valence-electron chi connectivity index (χ1n) is 16.4. The molecule has 1 aliphatic heterocycles. The number of methoxy groups -OCH3 is 2. The highest BCUT2D eigenvalue weighted by atomic mass is 19.4. The molecule has 10 heteroatoms. The van der Waals surface area contributed by atoms with E-state index in [0.717, 1.165) is 79.9 Å². The highest BCUT2D eigenvalue weighted by Gasteiger charge is 2.60.